The Morgan fingerprint density at radius 3 is 2.71 bits per heavy atom. The molecule has 1 N–H and O–H groups in total. The number of amides is 1. The number of anilines is 1. The van der Waals surface area contributed by atoms with Crippen LogP contribution in [-0.4, -0.2) is 29.2 Å². The smallest absolute Gasteiger partial charge is 0.271 e. The average molecular weight is 324 g/mol. The second-order valence-electron chi connectivity index (χ2n) is 6.18. The van der Waals surface area contributed by atoms with E-state index >= 15 is 0 Å². The largest absolute Gasteiger partial charge is 0.351 e. The highest BCUT2D eigenvalue weighted by Crippen LogP contribution is 2.22. The van der Waals surface area contributed by atoms with Crippen LogP contribution >= 0.6 is 0 Å². The first kappa shape index (κ1) is 16.4. The second-order valence-corrected chi connectivity index (χ2v) is 6.18. The summed E-state index contributed by atoms with van der Waals surface area (Å²) in [4.78, 5) is 14.2. The first-order valence-corrected chi connectivity index (χ1v) is 8.71. The van der Waals surface area contributed by atoms with Crippen molar-refractivity contribution in [2.75, 3.05) is 18.0 Å². The van der Waals surface area contributed by atoms with Gasteiger partial charge in [0.25, 0.3) is 5.91 Å². The molecule has 1 aliphatic heterocycles. The predicted octanol–water partition coefficient (Wildman–Crippen LogP) is 2.96. The molecule has 2 heterocycles. The van der Waals surface area contributed by atoms with Crippen molar-refractivity contribution in [2.24, 2.45) is 0 Å². The Kier molecular flexibility index (Phi) is 5.41. The normalized spacial score (nSPS) is 13.5. The van der Waals surface area contributed by atoms with Crippen LogP contribution in [0.2, 0.25) is 0 Å². The van der Waals surface area contributed by atoms with Gasteiger partial charge in [-0.3, -0.25) is 4.79 Å². The summed E-state index contributed by atoms with van der Waals surface area (Å²) in [5.74, 6) is 0.682. The van der Waals surface area contributed by atoms with E-state index in [9.17, 15) is 4.79 Å². The molecule has 0 atom stereocenters. The molecule has 1 aliphatic rings. The molecular formula is C19H24N4O. The fraction of sp³-hybridized carbons (Fsp3) is 0.421. The number of carbonyl (C=O) groups excluding carboxylic acids is 1. The molecular weight excluding hydrogens is 300 g/mol. The Morgan fingerprint density at radius 2 is 1.96 bits per heavy atom. The maximum atomic E-state index is 12.0. The lowest BCUT2D eigenvalue weighted by Gasteiger charge is -2.29. The third-order valence-corrected chi connectivity index (χ3v) is 4.40. The lowest BCUT2D eigenvalue weighted by atomic mass is 10.00. The zero-order chi connectivity index (χ0) is 16.8. The first-order valence-electron chi connectivity index (χ1n) is 8.71. The Bertz CT molecular complexity index is 684. The first-order chi connectivity index (χ1) is 11.8. The van der Waals surface area contributed by atoms with Crippen molar-refractivity contribution in [2.45, 2.75) is 39.2 Å². The molecule has 0 fully saturated rings. The van der Waals surface area contributed by atoms with E-state index in [0.29, 0.717) is 12.2 Å². The van der Waals surface area contributed by atoms with Crippen molar-refractivity contribution in [3.05, 3.63) is 53.2 Å². The van der Waals surface area contributed by atoms with Crippen LogP contribution in [0.25, 0.3) is 0 Å². The summed E-state index contributed by atoms with van der Waals surface area (Å²) in [6.45, 7) is 4.60. The maximum Gasteiger partial charge on any atom is 0.271 e. The topological polar surface area (TPSA) is 58.1 Å². The van der Waals surface area contributed by atoms with Crippen LogP contribution in [0.4, 0.5) is 5.82 Å². The monoisotopic (exact) mass is 324 g/mol. The molecule has 1 amide bonds. The standard InChI is InChI=1S/C19H24N4O/c1-2-3-6-12-20-19(24)17-9-10-18(22-21-17)23-13-11-15-7-4-5-8-16(15)14-23/h4-5,7-10H,2-3,6,11-14H2,1H3,(H,20,24). The highest BCUT2D eigenvalue weighted by molar-refractivity contribution is 5.92. The van der Waals surface area contributed by atoms with Gasteiger partial charge in [-0.05, 0) is 36.1 Å². The van der Waals surface area contributed by atoms with Gasteiger partial charge >= 0.3 is 0 Å². The van der Waals surface area contributed by atoms with Gasteiger partial charge in [0, 0.05) is 19.6 Å². The fourth-order valence-electron chi connectivity index (χ4n) is 2.97. The van der Waals surface area contributed by atoms with Gasteiger partial charge in [0.05, 0.1) is 0 Å². The summed E-state index contributed by atoms with van der Waals surface area (Å²) in [6, 6.07) is 12.2. The summed E-state index contributed by atoms with van der Waals surface area (Å²) in [5, 5.41) is 11.3. The number of carbonyl (C=O) groups is 1. The van der Waals surface area contributed by atoms with Crippen molar-refractivity contribution >= 4 is 11.7 Å². The molecule has 0 saturated heterocycles. The highest BCUT2D eigenvalue weighted by Gasteiger charge is 2.18. The van der Waals surface area contributed by atoms with Crippen LogP contribution in [0.3, 0.4) is 0 Å². The Morgan fingerprint density at radius 1 is 1.12 bits per heavy atom. The lowest BCUT2D eigenvalue weighted by Crippen LogP contribution is -2.31. The fourth-order valence-corrected chi connectivity index (χ4v) is 2.97. The maximum absolute atomic E-state index is 12.0. The summed E-state index contributed by atoms with van der Waals surface area (Å²) in [5.41, 5.74) is 3.13. The van der Waals surface area contributed by atoms with E-state index in [1.54, 1.807) is 6.07 Å². The molecule has 5 nitrogen and oxygen atoms in total. The summed E-state index contributed by atoms with van der Waals surface area (Å²) in [7, 11) is 0. The molecule has 0 spiro atoms. The van der Waals surface area contributed by atoms with Gasteiger partial charge in [0.1, 0.15) is 0 Å². The van der Waals surface area contributed by atoms with Crippen LogP contribution < -0.4 is 10.2 Å². The number of unbranched alkanes of at least 4 members (excludes halogenated alkanes) is 2. The third kappa shape index (κ3) is 3.91. The molecule has 126 valence electrons. The van der Waals surface area contributed by atoms with Crippen LogP contribution in [-0.2, 0) is 13.0 Å². The van der Waals surface area contributed by atoms with E-state index in [0.717, 1.165) is 44.6 Å². The quantitative estimate of drug-likeness (QED) is 0.830. The minimum atomic E-state index is -0.144. The molecule has 3 rings (SSSR count). The van der Waals surface area contributed by atoms with Crippen molar-refractivity contribution in [3.8, 4) is 0 Å². The van der Waals surface area contributed by atoms with Crippen LogP contribution in [0, 0.1) is 0 Å². The number of hydrogen-bond donors (Lipinski definition) is 1. The number of nitrogens with zero attached hydrogens (tertiary/aromatic N) is 3. The molecule has 1 aromatic carbocycles. The van der Waals surface area contributed by atoms with Crippen molar-refractivity contribution in [1.82, 2.24) is 15.5 Å². The number of rotatable bonds is 6. The number of aromatic nitrogens is 2. The van der Waals surface area contributed by atoms with Crippen molar-refractivity contribution in [3.63, 3.8) is 0 Å². The van der Waals surface area contributed by atoms with Gasteiger partial charge in [0.2, 0.25) is 0 Å². The van der Waals surface area contributed by atoms with Crippen LogP contribution in [0.15, 0.2) is 36.4 Å². The Balaban J connectivity index is 1.60. The molecule has 0 radical (unpaired) electrons. The molecule has 24 heavy (non-hydrogen) atoms. The van der Waals surface area contributed by atoms with Crippen LogP contribution in [0.1, 0.15) is 47.8 Å². The Labute approximate surface area is 143 Å². The van der Waals surface area contributed by atoms with Gasteiger partial charge in [0.15, 0.2) is 11.5 Å². The molecule has 0 unspecified atom stereocenters. The highest BCUT2D eigenvalue weighted by atomic mass is 16.1. The minimum absolute atomic E-state index is 0.144. The van der Waals surface area contributed by atoms with Gasteiger partial charge in [-0.15, -0.1) is 10.2 Å². The zero-order valence-corrected chi connectivity index (χ0v) is 14.2. The van der Waals surface area contributed by atoms with Crippen LogP contribution in [0.5, 0.6) is 0 Å². The average Bonchev–Trinajstić information content (AvgIpc) is 2.65. The zero-order valence-electron chi connectivity index (χ0n) is 14.2. The third-order valence-electron chi connectivity index (χ3n) is 4.40. The molecule has 0 bridgehead atoms. The predicted molar refractivity (Wildman–Crippen MR) is 95.1 cm³/mol. The van der Waals surface area contributed by atoms with Crippen molar-refractivity contribution in [1.29, 1.82) is 0 Å². The van der Waals surface area contributed by atoms with Gasteiger partial charge in [-0.1, -0.05) is 44.0 Å². The molecule has 0 aliphatic carbocycles. The summed E-state index contributed by atoms with van der Waals surface area (Å²) >= 11 is 0. The van der Waals surface area contributed by atoms with E-state index in [2.05, 4.69) is 51.6 Å². The number of hydrogen-bond acceptors (Lipinski definition) is 4. The summed E-state index contributed by atoms with van der Waals surface area (Å²) in [6.07, 6.45) is 4.28. The number of nitrogens with one attached hydrogen (secondary N) is 1. The number of fused-ring (bicyclic) bond motifs is 1. The van der Waals surface area contributed by atoms with E-state index in [1.165, 1.54) is 11.1 Å². The molecule has 1 aromatic heterocycles. The number of benzene rings is 1. The molecule has 2 aromatic rings. The van der Waals surface area contributed by atoms with E-state index in [4.69, 9.17) is 0 Å². The SMILES string of the molecule is CCCCCNC(=O)c1ccc(N2CCc3ccccc3C2)nn1. The van der Waals surface area contributed by atoms with Gasteiger partial charge < -0.3 is 10.2 Å². The molecule has 0 saturated carbocycles. The minimum Gasteiger partial charge on any atom is -0.351 e. The van der Waals surface area contributed by atoms with E-state index in [1.807, 2.05) is 6.07 Å². The molecule has 5 heteroatoms. The van der Waals surface area contributed by atoms with E-state index in [-0.39, 0.29) is 5.91 Å². The lowest BCUT2D eigenvalue weighted by molar-refractivity contribution is 0.0947. The van der Waals surface area contributed by atoms with Gasteiger partial charge in [-0.2, -0.15) is 0 Å². The second kappa shape index (κ2) is 7.90. The summed E-state index contributed by atoms with van der Waals surface area (Å²) < 4.78 is 0. The van der Waals surface area contributed by atoms with Crippen molar-refractivity contribution < 1.29 is 4.79 Å². The van der Waals surface area contributed by atoms with Gasteiger partial charge in [-0.25, -0.2) is 0 Å². The van der Waals surface area contributed by atoms with E-state index < -0.39 is 0 Å². The Hall–Kier alpha value is -2.43.